The molecule has 0 aromatic carbocycles. The van der Waals surface area contributed by atoms with E-state index < -0.39 is 0 Å². The number of nitrogens with two attached hydrogens (primary N) is 1. The van der Waals surface area contributed by atoms with Gasteiger partial charge in [-0.15, -0.1) is 0 Å². The van der Waals surface area contributed by atoms with Crippen LogP contribution in [0.25, 0.3) is 0 Å². The second-order valence-corrected chi connectivity index (χ2v) is 7.23. The van der Waals surface area contributed by atoms with Crippen molar-refractivity contribution in [2.24, 2.45) is 23.5 Å². The molecule has 0 bridgehead atoms. The summed E-state index contributed by atoms with van der Waals surface area (Å²) < 4.78 is 0. The highest BCUT2D eigenvalue weighted by Crippen LogP contribution is 2.28. The van der Waals surface area contributed by atoms with Crippen LogP contribution in [0.15, 0.2) is 0 Å². The fourth-order valence-electron chi connectivity index (χ4n) is 3.88. The number of nitrogens with zero attached hydrogens (tertiary/aromatic N) is 1. The normalized spacial score (nSPS) is 27.7. The molecule has 3 heteroatoms. The van der Waals surface area contributed by atoms with Crippen LogP contribution in [0.3, 0.4) is 0 Å². The zero-order valence-corrected chi connectivity index (χ0v) is 13.3. The van der Waals surface area contributed by atoms with Crippen molar-refractivity contribution in [1.29, 1.82) is 0 Å². The monoisotopic (exact) mass is 280 g/mol. The lowest BCUT2D eigenvalue weighted by Gasteiger charge is -2.32. The van der Waals surface area contributed by atoms with Gasteiger partial charge in [-0.2, -0.15) is 0 Å². The Kier molecular flexibility index (Phi) is 5.88. The van der Waals surface area contributed by atoms with Crippen LogP contribution in [0.1, 0.15) is 65.2 Å². The Morgan fingerprint density at radius 2 is 1.80 bits per heavy atom. The third kappa shape index (κ3) is 4.21. The second kappa shape index (κ2) is 7.44. The first-order chi connectivity index (χ1) is 9.58. The molecule has 3 nitrogen and oxygen atoms in total. The average molecular weight is 280 g/mol. The number of amides is 1. The van der Waals surface area contributed by atoms with Crippen molar-refractivity contribution >= 4 is 5.91 Å². The summed E-state index contributed by atoms with van der Waals surface area (Å²) in [6, 6.07) is 0.190. The molecule has 2 rings (SSSR count). The van der Waals surface area contributed by atoms with E-state index in [4.69, 9.17) is 5.73 Å². The lowest BCUT2D eigenvalue weighted by molar-refractivity contribution is -0.131. The molecule has 1 amide bonds. The molecule has 116 valence electrons. The van der Waals surface area contributed by atoms with Crippen LogP contribution in [-0.2, 0) is 4.79 Å². The topological polar surface area (TPSA) is 46.3 Å². The van der Waals surface area contributed by atoms with Crippen molar-refractivity contribution in [2.75, 3.05) is 13.1 Å². The molecule has 0 spiro atoms. The molecule has 20 heavy (non-hydrogen) atoms. The first-order valence-electron chi connectivity index (χ1n) is 8.61. The van der Waals surface area contributed by atoms with E-state index in [1.165, 1.54) is 32.1 Å². The Balaban J connectivity index is 1.85. The molecule has 1 heterocycles. The zero-order chi connectivity index (χ0) is 14.5. The van der Waals surface area contributed by atoms with Gasteiger partial charge < -0.3 is 10.6 Å². The third-order valence-corrected chi connectivity index (χ3v) is 5.48. The number of rotatable bonds is 4. The lowest BCUT2D eigenvalue weighted by atomic mass is 9.84. The molecule has 2 aliphatic rings. The SMILES string of the molecule is CC(C)C1CCC(=O)N(CC(N)C2CCCCC2)CC1. The second-order valence-electron chi connectivity index (χ2n) is 7.23. The molecule has 1 aliphatic heterocycles. The Labute approximate surface area is 124 Å². The van der Waals surface area contributed by atoms with Gasteiger partial charge in [0.1, 0.15) is 0 Å². The van der Waals surface area contributed by atoms with Gasteiger partial charge >= 0.3 is 0 Å². The van der Waals surface area contributed by atoms with Gasteiger partial charge in [0.15, 0.2) is 0 Å². The smallest absolute Gasteiger partial charge is 0.222 e. The van der Waals surface area contributed by atoms with E-state index in [9.17, 15) is 4.79 Å². The summed E-state index contributed by atoms with van der Waals surface area (Å²) in [6.07, 6.45) is 9.47. The highest BCUT2D eigenvalue weighted by molar-refractivity contribution is 5.76. The van der Waals surface area contributed by atoms with Crippen molar-refractivity contribution in [3.63, 3.8) is 0 Å². The van der Waals surface area contributed by atoms with Gasteiger partial charge in [0.05, 0.1) is 0 Å². The summed E-state index contributed by atoms with van der Waals surface area (Å²) in [7, 11) is 0. The number of carbonyl (C=O) groups excluding carboxylic acids is 1. The summed E-state index contributed by atoms with van der Waals surface area (Å²) >= 11 is 0. The number of likely N-dealkylation sites (tertiary alicyclic amines) is 1. The van der Waals surface area contributed by atoms with Crippen molar-refractivity contribution in [2.45, 2.75) is 71.3 Å². The average Bonchev–Trinajstić information content (AvgIpc) is 2.63. The molecule has 1 saturated carbocycles. The van der Waals surface area contributed by atoms with Crippen LogP contribution in [0.2, 0.25) is 0 Å². The Morgan fingerprint density at radius 3 is 2.45 bits per heavy atom. The first-order valence-corrected chi connectivity index (χ1v) is 8.61. The predicted molar refractivity (Wildman–Crippen MR) is 83.3 cm³/mol. The van der Waals surface area contributed by atoms with E-state index in [1.54, 1.807) is 0 Å². The zero-order valence-electron chi connectivity index (χ0n) is 13.3. The minimum Gasteiger partial charge on any atom is -0.341 e. The Morgan fingerprint density at radius 1 is 1.10 bits per heavy atom. The van der Waals surface area contributed by atoms with E-state index in [0.29, 0.717) is 23.7 Å². The van der Waals surface area contributed by atoms with E-state index in [1.807, 2.05) is 0 Å². The maximum Gasteiger partial charge on any atom is 0.222 e. The number of hydrogen-bond donors (Lipinski definition) is 1. The maximum absolute atomic E-state index is 12.3. The molecule has 2 N–H and O–H groups in total. The predicted octanol–water partition coefficient (Wildman–Crippen LogP) is 3.18. The third-order valence-electron chi connectivity index (χ3n) is 5.48. The maximum atomic E-state index is 12.3. The van der Waals surface area contributed by atoms with Crippen LogP contribution in [0.5, 0.6) is 0 Å². The van der Waals surface area contributed by atoms with Crippen LogP contribution in [-0.4, -0.2) is 29.9 Å². The molecule has 0 aromatic rings. The Bertz CT molecular complexity index is 310. The Hall–Kier alpha value is -0.570. The highest BCUT2D eigenvalue weighted by Gasteiger charge is 2.28. The van der Waals surface area contributed by atoms with Gasteiger partial charge in [-0.05, 0) is 43.4 Å². The largest absolute Gasteiger partial charge is 0.341 e. The molecular weight excluding hydrogens is 248 g/mol. The van der Waals surface area contributed by atoms with Crippen LogP contribution in [0.4, 0.5) is 0 Å². The molecule has 1 aliphatic carbocycles. The van der Waals surface area contributed by atoms with Gasteiger partial charge in [0.25, 0.3) is 0 Å². The minimum absolute atomic E-state index is 0.190. The summed E-state index contributed by atoms with van der Waals surface area (Å²) in [6.45, 7) is 6.26. The molecular formula is C17H32N2O. The molecule has 2 unspecified atom stereocenters. The minimum atomic E-state index is 0.190. The summed E-state index contributed by atoms with van der Waals surface area (Å²) in [5.74, 6) is 2.37. The van der Waals surface area contributed by atoms with E-state index in [2.05, 4.69) is 18.7 Å². The summed E-state index contributed by atoms with van der Waals surface area (Å²) in [5.41, 5.74) is 6.39. The van der Waals surface area contributed by atoms with Crippen LogP contribution < -0.4 is 5.73 Å². The van der Waals surface area contributed by atoms with E-state index >= 15 is 0 Å². The summed E-state index contributed by atoms with van der Waals surface area (Å²) in [4.78, 5) is 14.3. The van der Waals surface area contributed by atoms with Crippen molar-refractivity contribution in [3.05, 3.63) is 0 Å². The van der Waals surface area contributed by atoms with Gasteiger partial charge in [-0.1, -0.05) is 33.1 Å². The van der Waals surface area contributed by atoms with Gasteiger partial charge in [0.2, 0.25) is 5.91 Å². The van der Waals surface area contributed by atoms with Gasteiger partial charge in [-0.3, -0.25) is 4.79 Å². The van der Waals surface area contributed by atoms with Crippen LogP contribution >= 0.6 is 0 Å². The number of carbonyl (C=O) groups is 1. The quantitative estimate of drug-likeness (QED) is 0.859. The number of hydrogen-bond acceptors (Lipinski definition) is 2. The van der Waals surface area contributed by atoms with Crippen molar-refractivity contribution in [3.8, 4) is 0 Å². The summed E-state index contributed by atoms with van der Waals surface area (Å²) in [5, 5.41) is 0. The van der Waals surface area contributed by atoms with Crippen molar-refractivity contribution < 1.29 is 4.79 Å². The van der Waals surface area contributed by atoms with E-state index in [-0.39, 0.29) is 6.04 Å². The van der Waals surface area contributed by atoms with Gasteiger partial charge in [-0.25, -0.2) is 0 Å². The molecule has 0 radical (unpaired) electrons. The van der Waals surface area contributed by atoms with Crippen LogP contribution in [0, 0.1) is 17.8 Å². The highest BCUT2D eigenvalue weighted by atomic mass is 16.2. The molecule has 0 aromatic heterocycles. The lowest BCUT2D eigenvalue weighted by Crippen LogP contribution is -2.45. The fourth-order valence-corrected chi connectivity index (χ4v) is 3.88. The first kappa shape index (κ1) is 15.8. The van der Waals surface area contributed by atoms with Crippen molar-refractivity contribution in [1.82, 2.24) is 4.90 Å². The standard InChI is InChI=1S/C17H32N2O/c1-13(2)14-8-9-17(20)19(11-10-14)12-16(18)15-6-4-3-5-7-15/h13-16H,3-12,18H2,1-2H3. The van der Waals surface area contributed by atoms with Gasteiger partial charge in [0, 0.05) is 25.6 Å². The molecule has 2 fully saturated rings. The molecule has 1 saturated heterocycles. The van der Waals surface area contributed by atoms with E-state index in [0.717, 1.165) is 32.4 Å². The fraction of sp³-hybridized carbons (Fsp3) is 0.941. The molecule has 2 atom stereocenters.